The van der Waals surface area contributed by atoms with Crippen molar-refractivity contribution in [3.63, 3.8) is 0 Å². The number of carbonyl (C=O) groups is 1. The van der Waals surface area contributed by atoms with E-state index in [1.54, 1.807) is 51.0 Å². The monoisotopic (exact) mass is 574 g/mol. The van der Waals surface area contributed by atoms with Gasteiger partial charge < -0.3 is 14.6 Å². The molecule has 0 bridgehead atoms. The molecule has 0 aliphatic heterocycles. The van der Waals surface area contributed by atoms with E-state index in [1.165, 1.54) is 6.07 Å². The number of halogens is 1. The van der Waals surface area contributed by atoms with Crippen LogP contribution < -0.4 is 10.0 Å². The van der Waals surface area contributed by atoms with Crippen molar-refractivity contribution in [3.05, 3.63) is 64.9 Å². The summed E-state index contributed by atoms with van der Waals surface area (Å²) in [4.78, 5) is 15.0. The van der Waals surface area contributed by atoms with Crippen molar-refractivity contribution in [1.82, 2.24) is 15.4 Å². The molecule has 40 heavy (non-hydrogen) atoms. The first kappa shape index (κ1) is 31.3. The highest BCUT2D eigenvalue weighted by Crippen LogP contribution is 2.33. The Morgan fingerprint density at radius 3 is 2.45 bits per heavy atom. The van der Waals surface area contributed by atoms with E-state index >= 15 is 0 Å². The Kier molecular flexibility index (Phi) is 10.5. The van der Waals surface area contributed by atoms with Crippen molar-refractivity contribution in [2.45, 2.75) is 64.1 Å². The number of carbonyl (C=O) groups excluding carboxylic acids is 1. The Morgan fingerprint density at radius 2 is 1.85 bits per heavy atom. The van der Waals surface area contributed by atoms with Crippen molar-refractivity contribution in [3.8, 4) is 11.1 Å². The van der Waals surface area contributed by atoms with Crippen LogP contribution in [0.15, 0.2) is 51.9 Å². The molecule has 0 fully saturated rings. The number of benzene rings is 2. The van der Waals surface area contributed by atoms with E-state index in [0.29, 0.717) is 35.5 Å². The van der Waals surface area contributed by atoms with Crippen LogP contribution in [0.2, 0.25) is 0 Å². The fourth-order valence-corrected chi connectivity index (χ4v) is 5.95. The van der Waals surface area contributed by atoms with Gasteiger partial charge in [-0.2, -0.15) is 0 Å². The zero-order chi connectivity index (χ0) is 29.5. The highest BCUT2D eigenvalue weighted by molar-refractivity contribution is 7.92. The Morgan fingerprint density at radius 1 is 1.12 bits per heavy atom. The summed E-state index contributed by atoms with van der Waals surface area (Å²) in [5.41, 5.74) is 2.43. The van der Waals surface area contributed by atoms with E-state index in [0.717, 1.165) is 11.1 Å². The van der Waals surface area contributed by atoms with Gasteiger partial charge in [0.1, 0.15) is 11.3 Å². The van der Waals surface area contributed by atoms with Gasteiger partial charge >= 0.3 is 0 Å². The van der Waals surface area contributed by atoms with Crippen molar-refractivity contribution >= 4 is 21.7 Å². The lowest BCUT2D eigenvalue weighted by molar-refractivity contribution is -0.133. The van der Waals surface area contributed by atoms with Crippen LogP contribution in [0.1, 0.15) is 49.1 Å². The van der Waals surface area contributed by atoms with Gasteiger partial charge in [-0.3, -0.25) is 18.8 Å². The maximum Gasteiger partial charge on any atom is 0.263 e. The van der Waals surface area contributed by atoms with E-state index < -0.39 is 22.2 Å². The summed E-state index contributed by atoms with van der Waals surface area (Å²) >= 11 is 0. The number of hydrogen-bond acceptors (Lipinski definition) is 7. The fourth-order valence-electron chi connectivity index (χ4n) is 4.67. The molecule has 3 rings (SSSR count). The molecule has 1 amide bonds. The summed E-state index contributed by atoms with van der Waals surface area (Å²) in [5, 5.41) is 6.79. The molecule has 11 heteroatoms. The first-order chi connectivity index (χ1) is 19.0. The number of rotatable bonds is 14. The normalized spacial score (nSPS) is 13.3. The molecule has 0 radical (unpaired) electrons. The third kappa shape index (κ3) is 6.71. The number of amides is 1. The predicted molar refractivity (Wildman–Crippen MR) is 153 cm³/mol. The molecule has 0 saturated carbocycles. The summed E-state index contributed by atoms with van der Waals surface area (Å²) in [7, 11) is -0.455. The minimum atomic E-state index is -4.01. The summed E-state index contributed by atoms with van der Waals surface area (Å²) < 4.78 is 53.6. The number of sulfonamides is 1. The molecule has 0 aliphatic rings. The van der Waals surface area contributed by atoms with Crippen LogP contribution in [-0.2, 0) is 32.7 Å². The molecule has 2 N–H and O–H groups in total. The minimum absolute atomic E-state index is 0.0822. The molecule has 0 saturated heterocycles. The SMILES string of the molecule is CCOCc1cc(CNC(=O)C(CC)(CCF)N(C)C)ccc1-c1ccccc1S(=O)(=O)Nc1noc(C)c1C. The number of likely N-dealkylation sites (N-methyl/N-ethyl adjacent to an activating group) is 1. The van der Waals surface area contributed by atoms with Gasteiger partial charge in [0.05, 0.1) is 18.2 Å². The van der Waals surface area contributed by atoms with Crippen LogP contribution in [0.5, 0.6) is 0 Å². The maximum absolute atomic E-state index is 13.5. The molecule has 1 unspecified atom stereocenters. The van der Waals surface area contributed by atoms with E-state index in [4.69, 9.17) is 9.26 Å². The number of nitrogens with one attached hydrogen (secondary N) is 2. The molecular weight excluding hydrogens is 535 g/mol. The number of ether oxygens (including phenoxy) is 1. The van der Waals surface area contributed by atoms with Gasteiger partial charge in [0.15, 0.2) is 5.82 Å². The zero-order valence-electron chi connectivity index (χ0n) is 24.0. The highest BCUT2D eigenvalue weighted by Gasteiger charge is 2.38. The average Bonchev–Trinajstić information content (AvgIpc) is 3.25. The molecule has 2 aromatic carbocycles. The molecular formula is C29H39FN4O5S. The minimum Gasteiger partial charge on any atom is -0.377 e. The smallest absolute Gasteiger partial charge is 0.263 e. The number of nitrogens with zero attached hydrogens (tertiary/aromatic N) is 2. The molecule has 1 atom stereocenters. The predicted octanol–water partition coefficient (Wildman–Crippen LogP) is 4.98. The molecule has 9 nitrogen and oxygen atoms in total. The van der Waals surface area contributed by atoms with Gasteiger partial charge in [0.25, 0.3) is 10.0 Å². The number of aryl methyl sites for hydroxylation is 1. The van der Waals surface area contributed by atoms with Crippen molar-refractivity contribution in [1.29, 1.82) is 0 Å². The Hall–Kier alpha value is -3.28. The number of anilines is 1. The van der Waals surface area contributed by atoms with Gasteiger partial charge in [-0.25, -0.2) is 8.42 Å². The quantitative estimate of drug-likeness (QED) is 0.279. The number of hydrogen-bond donors (Lipinski definition) is 2. The molecule has 1 aromatic heterocycles. The molecule has 1 heterocycles. The zero-order valence-corrected chi connectivity index (χ0v) is 24.8. The summed E-state index contributed by atoms with van der Waals surface area (Å²) in [6, 6.07) is 12.3. The maximum atomic E-state index is 13.5. The summed E-state index contributed by atoms with van der Waals surface area (Å²) in [6.45, 7) is 7.54. The van der Waals surface area contributed by atoms with E-state index in [-0.39, 0.29) is 36.2 Å². The van der Waals surface area contributed by atoms with Crippen LogP contribution in [0.25, 0.3) is 11.1 Å². The third-order valence-electron chi connectivity index (χ3n) is 7.31. The van der Waals surface area contributed by atoms with E-state index in [2.05, 4.69) is 15.2 Å². The van der Waals surface area contributed by atoms with Crippen molar-refractivity contribution in [2.24, 2.45) is 0 Å². The fraction of sp³-hybridized carbons (Fsp3) is 0.448. The van der Waals surface area contributed by atoms with Crippen LogP contribution in [0.4, 0.5) is 10.2 Å². The second kappa shape index (κ2) is 13.4. The number of alkyl halides is 1. The number of aromatic nitrogens is 1. The standard InChI is InChI=1S/C29H39FN4O5S/c1-7-29(15-16-30,34(5)6)28(35)31-18-22-13-14-24(23(17-22)19-38-8-2)25-11-9-10-12-26(25)40(36,37)33-27-20(3)21(4)39-32-27/h9-14,17H,7-8,15-16,18-19H2,1-6H3,(H,31,35)(H,32,33). The van der Waals surface area contributed by atoms with Gasteiger partial charge in [0.2, 0.25) is 5.91 Å². The summed E-state index contributed by atoms with van der Waals surface area (Å²) in [5.74, 6) is 0.426. The molecule has 218 valence electrons. The Labute approximate surface area is 236 Å². The van der Waals surface area contributed by atoms with Crippen molar-refractivity contribution in [2.75, 3.05) is 32.1 Å². The van der Waals surface area contributed by atoms with Crippen LogP contribution in [0, 0.1) is 13.8 Å². The third-order valence-corrected chi connectivity index (χ3v) is 8.71. The summed E-state index contributed by atoms with van der Waals surface area (Å²) in [6.07, 6.45) is 0.570. The van der Waals surface area contributed by atoms with Crippen LogP contribution >= 0.6 is 0 Å². The van der Waals surface area contributed by atoms with E-state index in [9.17, 15) is 17.6 Å². The van der Waals surface area contributed by atoms with Crippen molar-refractivity contribution < 1.29 is 26.9 Å². The first-order valence-corrected chi connectivity index (χ1v) is 14.7. The second-order valence-electron chi connectivity index (χ2n) is 9.84. The van der Waals surface area contributed by atoms with E-state index in [1.807, 2.05) is 32.0 Å². The largest absolute Gasteiger partial charge is 0.377 e. The van der Waals surface area contributed by atoms with Gasteiger partial charge in [-0.15, -0.1) is 0 Å². The topological polar surface area (TPSA) is 114 Å². The lowest BCUT2D eigenvalue weighted by Crippen LogP contribution is -2.56. The Bertz CT molecular complexity index is 1420. The highest BCUT2D eigenvalue weighted by atomic mass is 32.2. The van der Waals surface area contributed by atoms with Crippen LogP contribution in [-0.4, -0.2) is 57.3 Å². The average molecular weight is 575 g/mol. The van der Waals surface area contributed by atoms with Gasteiger partial charge in [-0.05, 0) is 64.0 Å². The van der Waals surface area contributed by atoms with Gasteiger partial charge in [0, 0.05) is 30.7 Å². The van der Waals surface area contributed by atoms with Crippen LogP contribution in [0.3, 0.4) is 0 Å². The lowest BCUT2D eigenvalue weighted by atomic mass is 9.89. The van der Waals surface area contributed by atoms with Gasteiger partial charge in [-0.1, -0.05) is 48.5 Å². The Balaban J connectivity index is 1.96. The first-order valence-electron chi connectivity index (χ1n) is 13.3. The molecule has 3 aromatic rings. The second-order valence-corrected chi connectivity index (χ2v) is 11.5. The lowest BCUT2D eigenvalue weighted by Gasteiger charge is -2.37. The molecule has 0 aliphatic carbocycles. The molecule has 0 spiro atoms.